The number of methoxy groups -OCH3 is 1. The normalized spacial score (nSPS) is 17.1. The first kappa shape index (κ1) is 18.0. The summed E-state index contributed by atoms with van der Waals surface area (Å²) < 4.78 is 5.17. The van der Waals surface area contributed by atoms with E-state index < -0.39 is 17.7 Å². The van der Waals surface area contributed by atoms with Crippen LogP contribution in [0.3, 0.4) is 0 Å². The number of nitrogens with one attached hydrogen (secondary N) is 3. The first-order valence-electron chi connectivity index (χ1n) is 7.52. The van der Waals surface area contributed by atoms with Gasteiger partial charge >= 0.3 is 0 Å². The molecule has 0 aromatic heterocycles. The molecule has 0 spiro atoms. The van der Waals surface area contributed by atoms with Crippen LogP contribution in [0.15, 0.2) is 29.3 Å². The van der Waals surface area contributed by atoms with Gasteiger partial charge in [0, 0.05) is 11.8 Å². The number of likely N-dealkylation sites (N-methyl/N-ethyl adjacent to an activating group) is 1. The quantitative estimate of drug-likeness (QED) is 0.353. The molecule has 0 unspecified atom stereocenters. The maximum atomic E-state index is 11.8. The van der Waals surface area contributed by atoms with E-state index in [-0.39, 0.29) is 11.2 Å². The lowest BCUT2D eigenvalue weighted by Crippen LogP contribution is -3.06. The molecule has 1 aliphatic rings. The van der Waals surface area contributed by atoms with Crippen molar-refractivity contribution in [3.05, 3.63) is 29.8 Å². The van der Waals surface area contributed by atoms with Crippen LogP contribution in [-0.4, -0.2) is 50.9 Å². The molecule has 0 saturated carbocycles. The average molecular weight is 349 g/mol. The molecule has 128 valence electrons. The number of aliphatic imine (C=N–C) groups is 1. The summed E-state index contributed by atoms with van der Waals surface area (Å²) >= 11 is 4.76. The second kappa shape index (κ2) is 7.98. The first-order chi connectivity index (χ1) is 11.4. The highest BCUT2D eigenvalue weighted by molar-refractivity contribution is 7.80. The standard InChI is InChI=1S/C16H20N4O3S/c1-20(2)13(10-4-6-11(23-3)7-5-10)9-17-8-12-14(21)18-16(24)19-15(12)22/h4-8,12-13H,9H2,1-3H3,(H2,18,19,21,22,24)/p+1/t13-/m0/s1. The number of benzene rings is 1. The molecule has 2 rings (SSSR count). The summed E-state index contributed by atoms with van der Waals surface area (Å²) in [6.07, 6.45) is 1.38. The van der Waals surface area contributed by atoms with Crippen molar-refractivity contribution < 1.29 is 19.2 Å². The zero-order valence-electron chi connectivity index (χ0n) is 13.8. The number of carbonyl (C=O) groups is 2. The minimum Gasteiger partial charge on any atom is -0.497 e. The Morgan fingerprint density at radius 3 is 2.33 bits per heavy atom. The van der Waals surface area contributed by atoms with Crippen molar-refractivity contribution in [2.75, 3.05) is 27.7 Å². The van der Waals surface area contributed by atoms with E-state index in [1.54, 1.807) is 7.11 Å². The predicted molar refractivity (Wildman–Crippen MR) is 94.3 cm³/mol. The van der Waals surface area contributed by atoms with E-state index in [4.69, 9.17) is 17.0 Å². The SMILES string of the molecule is COc1ccc([C@H](CN=CC2C(=O)NC(=S)NC2=O)[NH+](C)C)cc1. The topological polar surface area (TPSA) is 84.2 Å². The van der Waals surface area contributed by atoms with Crippen LogP contribution in [0, 0.1) is 5.92 Å². The van der Waals surface area contributed by atoms with Crippen molar-refractivity contribution in [1.29, 1.82) is 0 Å². The van der Waals surface area contributed by atoms with E-state index in [2.05, 4.69) is 15.6 Å². The smallest absolute Gasteiger partial charge is 0.244 e. The molecule has 0 aliphatic carbocycles. The van der Waals surface area contributed by atoms with Gasteiger partial charge in [-0.25, -0.2) is 0 Å². The number of rotatable bonds is 6. The Kier molecular flexibility index (Phi) is 5.99. The van der Waals surface area contributed by atoms with E-state index in [0.29, 0.717) is 6.54 Å². The minimum absolute atomic E-state index is 0.0310. The van der Waals surface area contributed by atoms with Crippen molar-refractivity contribution in [2.45, 2.75) is 6.04 Å². The summed E-state index contributed by atoms with van der Waals surface area (Å²) in [5.41, 5.74) is 1.10. The third-order valence-electron chi connectivity index (χ3n) is 3.80. The van der Waals surface area contributed by atoms with E-state index in [0.717, 1.165) is 11.3 Å². The molecule has 1 aromatic carbocycles. The van der Waals surface area contributed by atoms with Crippen molar-refractivity contribution in [3.63, 3.8) is 0 Å². The van der Waals surface area contributed by atoms with Crippen LogP contribution in [0.2, 0.25) is 0 Å². The summed E-state index contributed by atoms with van der Waals surface area (Å²) in [6.45, 7) is 0.455. The van der Waals surface area contributed by atoms with Crippen molar-refractivity contribution in [2.24, 2.45) is 10.9 Å². The zero-order chi connectivity index (χ0) is 17.7. The van der Waals surface area contributed by atoms with Gasteiger partial charge < -0.3 is 20.3 Å². The monoisotopic (exact) mass is 349 g/mol. The third kappa shape index (κ3) is 4.36. The molecular weight excluding hydrogens is 328 g/mol. The number of thiocarbonyl (C=S) groups is 1. The van der Waals surface area contributed by atoms with E-state index in [9.17, 15) is 9.59 Å². The van der Waals surface area contributed by atoms with Gasteiger partial charge in [-0.3, -0.25) is 14.6 Å². The second-order valence-corrected chi connectivity index (χ2v) is 6.11. The average Bonchev–Trinajstić information content (AvgIpc) is 2.53. The number of carbonyl (C=O) groups excluding carboxylic acids is 2. The fraction of sp³-hybridized carbons (Fsp3) is 0.375. The Morgan fingerprint density at radius 1 is 1.25 bits per heavy atom. The highest BCUT2D eigenvalue weighted by atomic mass is 32.1. The Bertz CT molecular complexity index is 638. The lowest BCUT2D eigenvalue weighted by Gasteiger charge is -2.21. The fourth-order valence-corrected chi connectivity index (χ4v) is 2.60. The number of ether oxygens (including phenoxy) is 1. The molecule has 1 aromatic rings. The molecule has 8 heteroatoms. The molecule has 1 fully saturated rings. The summed E-state index contributed by atoms with van der Waals surface area (Å²) in [7, 11) is 5.69. The zero-order valence-corrected chi connectivity index (χ0v) is 14.6. The van der Waals surface area contributed by atoms with Crippen molar-refractivity contribution in [1.82, 2.24) is 10.6 Å². The number of quaternary nitrogens is 1. The summed E-state index contributed by atoms with van der Waals surface area (Å²) in [4.78, 5) is 29.1. The van der Waals surface area contributed by atoms with Crippen molar-refractivity contribution in [3.8, 4) is 5.75 Å². The fourth-order valence-electron chi connectivity index (χ4n) is 2.39. The van der Waals surface area contributed by atoms with Crippen LogP contribution in [0.25, 0.3) is 0 Å². The molecule has 2 amide bonds. The van der Waals surface area contributed by atoms with Gasteiger partial charge in [-0.05, 0) is 36.5 Å². The minimum atomic E-state index is -0.953. The van der Waals surface area contributed by atoms with Crippen LogP contribution in [0.4, 0.5) is 0 Å². The molecule has 1 heterocycles. The number of amides is 2. The van der Waals surface area contributed by atoms with Crippen LogP contribution < -0.4 is 20.3 Å². The van der Waals surface area contributed by atoms with Crippen LogP contribution in [-0.2, 0) is 9.59 Å². The lowest BCUT2D eigenvalue weighted by molar-refractivity contribution is -0.890. The maximum absolute atomic E-state index is 11.8. The second-order valence-electron chi connectivity index (χ2n) is 5.70. The summed E-state index contributed by atoms with van der Waals surface area (Å²) in [5.74, 6) is -1.07. The number of nitrogens with zero attached hydrogens (tertiary/aromatic N) is 1. The van der Waals surface area contributed by atoms with Gasteiger partial charge in [0.15, 0.2) is 11.0 Å². The van der Waals surface area contributed by atoms with Gasteiger partial charge in [-0.2, -0.15) is 0 Å². The van der Waals surface area contributed by atoms with E-state index in [1.165, 1.54) is 11.1 Å². The van der Waals surface area contributed by atoms with Gasteiger partial charge in [0.05, 0.1) is 27.7 Å². The largest absolute Gasteiger partial charge is 0.497 e. The molecular formula is C16H21N4O3S+. The highest BCUT2D eigenvalue weighted by Crippen LogP contribution is 2.16. The van der Waals surface area contributed by atoms with E-state index >= 15 is 0 Å². The van der Waals surface area contributed by atoms with Gasteiger partial charge in [0.1, 0.15) is 11.8 Å². The first-order valence-corrected chi connectivity index (χ1v) is 7.93. The van der Waals surface area contributed by atoms with Gasteiger partial charge in [0.25, 0.3) is 0 Å². The molecule has 1 atom stereocenters. The molecule has 7 nitrogen and oxygen atoms in total. The van der Waals surface area contributed by atoms with Crippen molar-refractivity contribution >= 4 is 35.4 Å². The summed E-state index contributed by atoms with van der Waals surface area (Å²) in [5, 5.41) is 4.86. The van der Waals surface area contributed by atoms with Gasteiger partial charge in [-0.1, -0.05) is 0 Å². The molecule has 3 N–H and O–H groups in total. The molecule has 0 radical (unpaired) electrons. The predicted octanol–water partition coefficient (Wildman–Crippen LogP) is -0.901. The summed E-state index contributed by atoms with van der Waals surface area (Å²) in [6, 6.07) is 7.88. The van der Waals surface area contributed by atoms with Crippen LogP contribution >= 0.6 is 12.2 Å². The maximum Gasteiger partial charge on any atom is 0.244 e. The van der Waals surface area contributed by atoms with E-state index in [1.807, 2.05) is 38.4 Å². The third-order valence-corrected chi connectivity index (χ3v) is 4.00. The Morgan fingerprint density at radius 2 is 1.83 bits per heavy atom. The highest BCUT2D eigenvalue weighted by Gasteiger charge is 2.31. The van der Waals surface area contributed by atoms with Crippen LogP contribution in [0.5, 0.6) is 5.75 Å². The molecule has 1 saturated heterocycles. The molecule has 1 aliphatic heterocycles. The molecule has 0 bridgehead atoms. The Balaban J connectivity index is 2.06. The Labute approximate surface area is 146 Å². The number of hydrogen-bond donors (Lipinski definition) is 3. The number of hydrogen-bond acceptors (Lipinski definition) is 5. The Hall–Kier alpha value is -2.32. The van der Waals surface area contributed by atoms with Crippen LogP contribution in [0.1, 0.15) is 11.6 Å². The molecule has 24 heavy (non-hydrogen) atoms. The lowest BCUT2D eigenvalue weighted by atomic mass is 10.1. The van der Waals surface area contributed by atoms with Gasteiger partial charge in [-0.15, -0.1) is 0 Å². The van der Waals surface area contributed by atoms with Gasteiger partial charge in [0.2, 0.25) is 11.8 Å².